The molecule has 1 saturated carbocycles. The van der Waals surface area contributed by atoms with Gasteiger partial charge in [-0.1, -0.05) is 37.5 Å². The molecule has 146 valence electrons. The van der Waals surface area contributed by atoms with Gasteiger partial charge in [0, 0.05) is 47.8 Å². The molecule has 0 bridgehead atoms. The Morgan fingerprint density at radius 1 is 1.27 bits per heavy atom. The van der Waals surface area contributed by atoms with E-state index in [4.69, 9.17) is 0 Å². The first kappa shape index (κ1) is 22.0. The normalized spacial score (nSPS) is 21.1. The zero-order chi connectivity index (χ0) is 17.5. The van der Waals surface area contributed by atoms with Crippen LogP contribution in [-0.4, -0.2) is 58.0 Å². The van der Waals surface area contributed by atoms with Gasteiger partial charge in [-0.05, 0) is 25.0 Å². The highest BCUT2D eigenvalue weighted by atomic mass is 127. The summed E-state index contributed by atoms with van der Waals surface area (Å²) in [5, 5.41) is 3.44. The van der Waals surface area contributed by atoms with E-state index in [1.807, 2.05) is 37.4 Å². The quantitative estimate of drug-likeness (QED) is 0.383. The van der Waals surface area contributed by atoms with Gasteiger partial charge in [-0.3, -0.25) is 9.20 Å². The minimum Gasteiger partial charge on any atom is -0.355 e. The van der Waals surface area contributed by atoms with Crippen LogP contribution in [0.2, 0.25) is 0 Å². The van der Waals surface area contributed by atoms with Crippen molar-refractivity contribution in [3.05, 3.63) is 30.3 Å². The maximum atomic E-state index is 12.3. The second kappa shape index (κ2) is 10.9. The van der Waals surface area contributed by atoms with Crippen LogP contribution in [0.4, 0.5) is 0 Å². The number of guanidine groups is 1. The van der Waals surface area contributed by atoms with Gasteiger partial charge in [-0.15, -0.1) is 24.0 Å². The predicted octanol–water partition coefficient (Wildman–Crippen LogP) is 3.74. The number of rotatable bonds is 4. The molecular formula is C19H30IN3OS2. The number of benzene rings is 1. The monoisotopic (exact) mass is 507 g/mol. The van der Waals surface area contributed by atoms with Crippen molar-refractivity contribution in [1.82, 2.24) is 10.2 Å². The second-order valence-corrected chi connectivity index (χ2v) is 9.98. The van der Waals surface area contributed by atoms with Crippen LogP contribution in [0.15, 0.2) is 40.2 Å². The molecule has 1 aliphatic heterocycles. The summed E-state index contributed by atoms with van der Waals surface area (Å²) in [6.45, 7) is 2.83. The van der Waals surface area contributed by atoms with Crippen molar-refractivity contribution in [2.75, 3.05) is 38.2 Å². The summed E-state index contributed by atoms with van der Waals surface area (Å²) in [5.74, 6) is 2.75. The minimum absolute atomic E-state index is 0. The average molecular weight is 508 g/mol. The Morgan fingerprint density at radius 3 is 2.69 bits per heavy atom. The van der Waals surface area contributed by atoms with E-state index in [-0.39, 0.29) is 24.0 Å². The highest BCUT2D eigenvalue weighted by Crippen LogP contribution is 2.42. The van der Waals surface area contributed by atoms with Gasteiger partial charge in [-0.25, -0.2) is 0 Å². The molecule has 1 N–H and O–H groups in total. The zero-order valence-electron chi connectivity index (χ0n) is 15.5. The molecule has 1 aromatic carbocycles. The highest BCUT2D eigenvalue weighted by molar-refractivity contribution is 14.0. The van der Waals surface area contributed by atoms with Crippen LogP contribution in [-0.2, 0) is 10.8 Å². The molecule has 2 aliphatic rings. The molecule has 1 saturated heterocycles. The maximum Gasteiger partial charge on any atom is 0.193 e. The van der Waals surface area contributed by atoms with Crippen molar-refractivity contribution in [3.8, 4) is 0 Å². The Hall–Kier alpha value is -0.280. The van der Waals surface area contributed by atoms with Crippen LogP contribution < -0.4 is 5.32 Å². The van der Waals surface area contributed by atoms with Crippen molar-refractivity contribution >= 4 is 52.5 Å². The van der Waals surface area contributed by atoms with E-state index < -0.39 is 10.8 Å². The van der Waals surface area contributed by atoms with Crippen molar-refractivity contribution in [1.29, 1.82) is 0 Å². The van der Waals surface area contributed by atoms with Crippen LogP contribution in [0.5, 0.6) is 0 Å². The number of nitrogens with one attached hydrogen (secondary N) is 1. The summed E-state index contributed by atoms with van der Waals surface area (Å²) in [7, 11) is 0.895. The van der Waals surface area contributed by atoms with Gasteiger partial charge in [-0.2, -0.15) is 11.8 Å². The third-order valence-electron chi connectivity index (χ3n) is 5.10. The summed E-state index contributed by atoms with van der Waals surface area (Å²) in [5.41, 5.74) is 0. The number of hydrogen-bond acceptors (Lipinski definition) is 3. The van der Waals surface area contributed by atoms with E-state index >= 15 is 0 Å². The molecular weight excluding hydrogens is 477 g/mol. The standard InChI is InChI=1S/C19H29N3OS2.HI/c1-20-18(21-12-15-25(23)17-8-4-2-5-9-17)22-13-14-24-19(16-22)10-6-3-7-11-19;/h2,4-5,8-9H,3,6-7,10-16H2,1H3,(H,20,21);1H. The highest BCUT2D eigenvalue weighted by Gasteiger charge is 2.38. The Morgan fingerprint density at radius 2 is 2.00 bits per heavy atom. The number of nitrogens with zero attached hydrogens (tertiary/aromatic N) is 2. The van der Waals surface area contributed by atoms with Crippen molar-refractivity contribution in [2.24, 2.45) is 4.99 Å². The molecule has 0 amide bonds. The molecule has 2 fully saturated rings. The molecule has 1 spiro atoms. The van der Waals surface area contributed by atoms with Crippen molar-refractivity contribution in [3.63, 3.8) is 0 Å². The number of hydrogen-bond donors (Lipinski definition) is 1. The van der Waals surface area contributed by atoms with Crippen molar-refractivity contribution < 1.29 is 4.21 Å². The largest absolute Gasteiger partial charge is 0.355 e. The van der Waals surface area contributed by atoms with Crippen LogP contribution in [0.1, 0.15) is 32.1 Å². The molecule has 1 aromatic rings. The fourth-order valence-electron chi connectivity index (χ4n) is 3.80. The summed E-state index contributed by atoms with van der Waals surface area (Å²) < 4.78 is 12.8. The summed E-state index contributed by atoms with van der Waals surface area (Å²) in [6.07, 6.45) is 6.79. The van der Waals surface area contributed by atoms with E-state index in [0.717, 1.165) is 23.9 Å². The van der Waals surface area contributed by atoms with Crippen LogP contribution >= 0.6 is 35.7 Å². The smallest absolute Gasteiger partial charge is 0.193 e. The lowest BCUT2D eigenvalue weighted by atomic mass is 9.87. The van der Waals surface area contributed by atoms with E-state index in [1.165, 1.54) is 37.9 Å². The SMILES string of the molecule is CN=C(NCCS(=O)c1ccccc1)N1CCSC2(CCCCC2)C1.I. The molecule has 1 heterocycles. The number of halogens is 1. The predicted molar refractivity (Wildman–Crippen MR) is 124 cm³/mol. The van der Waals surface area contributed by atoms with Gasteiger partial charge in [0.05, 0.1) is 10.8 Å². The summed E-state index contributed by atoms with van der Waals surface area (Å²) >= 11 is 2.17. The topological polar surface area (TPSA) is 44.7 Å². The third kappa shape index (κ3) is 5.86. The Bertz CT molecular complexity index is 601. The molecule has 4 nitrogen and oxygen atoms in total. The number of thioether (sulfide) groups is 1. The molecule has 0 aromatic heterocycles. The van der Waals surface area contributed by atoms with Crippen LogP contribution in [0.25, 0.3) is 0 Å². The lowest BCUT2D eigenvalue weighted by molar-refractivity contribution is 0.293. The van der Waals surface area contributed by atoms with Gasteiger partial charge in [0.15, 0.2) is 5.96 Å². The second-order valence-electron chi connectivity index (χ2n) is 6.85. The first-order valence-corrected chi connectivity index (χ1v) is 11.6. The fourth-order valence-corrected chi connectivity index (χ4v) is 6.36. The van der Waals surface area contributed by atoms with E-state index in [1.54, 1.807) is 0 Å². The Balaban J connectivity index is 0.00000243. The lowest BCUT2D eigenvalue weighted by Crippen LogP contribution is -2.53. The van der Waals surface area contributed by atoms with Gasteiger partial charge >= 0.3 is 0 Å². The molecule has 1 aliphatic carbocycles. The molecule has 3 rings (SSSR count). The molecule has 0 radical (unpaired) electrons. The maximum absolute atomic E-state index is 12.3. The minimum atomic E-state index is -0.958. The van der Waals surface area contributed by atoms with Crippen molar-refractivity contribution in [2.45, 2.75) is 41.7 Å². The van der Waals surface area contributed by atoms with E-state index in [2.05, 4.69) is 27.0 Å². The van der Waals surface area contributed by atoms with Gasteiger partial charge in [0.25, 0.3) is 0 Å². The lowest BCUT2D eigenvalue weighted by Gasteiger charge is -2.45. The summed E-state index contributed by atoms with van der Waals surface area (Å²) in [6, 6.07) is 9.69. The first-order valence-electron chi connectivity index (χ1n) is 9.25. The Labute approximate surface area is 181 Å². The van der Waals surface area contributed by atoms with Gasteiger partial charge < -0.3 is 10.2 Å². The molecule has 7 heteroatoms. The summed E-state index contributed by atoms with van der Waals surface area (Å²) in [4.78, 5) is 7.79. The van der Waals surface area contributed by atoms with E-state index in [0.29, 0.717) is 17.0 Å². The average Bonchev–Trinajstić information content (AvgIpc) is 2.66. The Kier molecular flexibility index (Phi) is 9.23. The molecule has 1 atom stereocenters. The third-order valence-corrected chi connectivity index (χ3v) is 8.01. The molecule has 26 heavy (non-hydrogen) atoms. The fraction of sp³-hybridized carbons (Fsp3) is 0.632. The number of aliphatic imine (C=N–C) groups is 1. The first-order chi connectivity index (χ1) is 12.2. The molecule has 1 unspecified atom stereocenters. The van der Waals surface area contributed by atoms with Crippen LogP contribution in [0, 0.1) is 0 Å². The van der Waals surface area contributed by atoms with Crippen LogP contribution in [0.3, 0.4) is 0 Å². The van der Waals surface area contributed by atoms with Gasteiger partial charge in [0.1, 0.15) is 0 Å². The zero-order valence-corrected chi connectivity index (χ0v) is 19.4. The van der Waals surface area contributed by atoms with Gasteiger partial charge in [0.2, 0.25) is 0 Å². The van der Waals surface area contributed by atoms with E-state index in [9.17, 15) is 4.21 Å².